The molecule has 1 unspecified atom stereocenters. The second-order valence-electron chi connectivity index (χ2n) is 5.86. The molecule has 0 bridgehead atoms. The summed E-state index contributed by atoms with van der Waals surface area (Å²) < 4.78 is 0. The van der Waals surface area contributed by atoms with Gasteiger partial charge in [0.1, 0.15) is 11.9 Å². The minimum atomic E-state index is -0.385. The van der Waals surface area contributed by atoms with Crippen molar-refractivity contribution >= 4 is 17.6 Å². The molecule has 2 heterocycles. The summed E-state index contributed by atoms with van der Waals surface area (Å²) >= 11 is 0. The Balaban J connectivity index is 1.77. The summed E-state index contributed by atoms with van der Waals surface area (Å²) in [7, 11) is 0. The number of pyridine rings is 1. The number of hydrogen-bond donors (Lipinski definition) is 2. The maximum Gasteiger partial charge on any atom is 0.249 e. The van der Waals surface area contributed by atoms with Crippen molar-refractivity contribution in [1.29, 1.82) is 0 Å². The molecule has 2 fully saturated rings. The molecule has 1 aliphatic carbocycles. The van der Waals surface area contributed by atoms with E-state index < -0.39 is 0 Å². The number of nitrogens with one attached hydrogen (secondary N) is 2. The Bertz CT molecular complexity index is 583. The Morgan fingerprint density at radius 2 is 2.19 bits per heavy atom. The van der Waals surface area contributed by atoms with E-state index in [0.29, 0.717) is 11.9 Å². The molecule has 112 valence electrons. The fraction of sp³-hybridized carbons (Fsp3) is 0.533. The molecule has 1 aromatic heterocycles. The quantitative estimate of drug-likeness (QED) is 0.789. The molecule has 1 saturated heterocycles. The van der Waals surface area contributed by atoms with Gasteiger partial charge < -0.3 is 10.2 Å². The van der Waals surface area contributed by atoms with E-state index in [4.69, 9.17) is 0 Å². The van der Waals surface area contributed by atoms with Crippen LogP contribution in [-0.4, -0.2) is 35.4 Å². The van der Waals surface area contributed by atoms with Crippen LogP contribution >= 0.6 is 0 Å². The van der Waals surface area contributed by atoms with Gasteiger partial charge in [-0.15, -0.1) is 0 Å². The number of piperazine rings is 1. The number of anilines is 1. The topological polar surface area (TPSA) is 74.3 Å². The third kappa shape index (κ3) is 3.05. The first-order chi connectivity index (χ1) is 10.0. The van der Waals surface area contributed by atoms with Crippen molar-refractivity contribution in [3.8, 4) is 0 Å². The maximum atomic E-state index is 11.7. The second-order valence-corrected chi connectivity index (χ2v) is 5.86. The maximum absolute atomic E-state index is 11.7. The molecule has 2 aliphatic rings. The van der Waals surface area contributed by atoms with Crippen molar-refractivity contribution in [2.75, 3.05) is 11.4 Å². The fourth-order valence-corrected chi connectivity index (χ4v) is 2.55. The standard InChI is InChI=1S/C15H20N4O2/c1-9-5-11(6-16-12-3-4-12)7-17-14(9)19-8-13(20)18-15(21)10(19)2/h5,7,10,12,16H,3-4,6,8H2,1-2H3,(H,18,20,21). The number of aryl methyl sites for hydroxylation is 1. The zero-order valence-corrected chi connectivity index (χ0v) is 12.3. The van der Waals surface area contributed by atoms with Crippen LogP contribution in [0.4, 0.5) is 5.82 Å². The van der Waals surface area contributed by atoms with Gasteiger partial charge in [-0.25, -0.2) is 4.98 Å². The average molecular weight is 288 g/mol. The van der Waals surface area contributed by atoms with E-state index in [-0.39, 0.29) is 24.4 Å². The Morgan fingerprint density at radius 3 is 2.86 bits per heavy atom. The fourth-order valence-electron chi connectivity index (χ4n) is 2.55. The van der Waals surface area contributed by atoms with Gasteiger partial charge >= 0.3 is 0 Å². The van der Waals surface area contributed by atoms with Crippen molar-refractivity contribution in [3.63, 3.8) is 0 Å². The Labute approximate surface area is 123 Å². The Hall–Kier alpha value is -1.95. The van der Waals surface area contributed by atoms with E-state index in [0.717, 1.165) is 17.7 Å². The predicted molar refractivity (Wildman–Crippen MR) is 78.8 cm³/mol. The lowest BCUT2D eigenvalue weighted by Crippen LogP contribution is -2.57. The predicted octanol–water partition coefficient (Wildman–Crippen LogP) is 0.493. The molecule has 6 nitrogen and oxygen atoms in total. The molecule has 21 heavy (non-hydrogen) atoms. The van der Waals surface area contributed by atoms with Crippen LogP contribution in [-0.2, 0) is 16.1 Å². The van der Waals surface area contributed by atoms with Crippen LogP contribution < -0.4 is 15.5 Å². The highest BCUT2D eigenvalue weighted by atomic mass is 16.2. The molecule has 3 rings (SSSR count). The molecule has 0 spiro atoms. The van der Waals surface area contributed by atoms with E-state index >= 15 is 0 Å². The highest BCUT2D eigenvalue weighted by Crippen LogP contribution is 2.23. The highest BCUT2D eigenvalue weighted by molar-refractivity contribution is 6.04. The summed E-state index contributed by atoms with van der Waals surface area (Å²) in [6.45, 7) is 4.73. The minimum absolute atomic E-state index is 0.167. The first-order valence-electron chi connectivity index (χ1n) is 7.34. The van der Waals surface area contributed by atoms with Gasteiger partial charge in [-0.3, -0.25) is 14.9 Å². The lowest BCUT2D eigenvalue weighted by molar-refractivity contribution is -0.132. The summed E-state index contributed by atoms with van der Waals surface area (Å²) in [4.78, 5) is 29.5. The molecule has 1 saturated carbocycles. The van der Waals surface area contributed by atoms with Gasteiger partial charge in [0.05, 0.1) is 6.54 Å². The number of amides is 2. The summed E-state index contributed by atoms with van der Waals surface area (Å²) in [5, 5.41) is 5.79. The van der Waals surface area contributed by atoms with Gasteiger partial charge in [-0.05, 0) is 43.9 Å². The van der Waals surface area contributed by atoms with Crippen molar-refractivity contribution < 1.29 is 9.59 Å². The third-order valence-corrected chi connectivity index (χ3v) is 3.98. The van der Waals surface area contributed by atoms with Crippen LogP contribution in [0.1, 0.15) is 30.9 Å². The summed E-state index contributed by atoms with van der Waals surface area (Å²) in [5.74, 6) is 0.159. The number of hydrogen-bond acceptors (Lipinski definition) is 5. The number of imide groups is 1. The van der Waals surface area contributed by atoms with Crippen molar-refractivity contribution in [1.82, 2.24) is 15.6 Å². The Kier molecular flexibility index (Phi) is 3.63. The van der Waals surface area contributed by atoms with Crippen molar-refractivity contribution in [2.24, 2.45) is 0 Å². The molecule has 6 heteroatoms. The van der Waals surface area contributed by atoms with E-state index in [1.54, 1.807) is 11.8 Å². The van der Waals surface area contributed by atoms with Crippen molar-refractivity contribution in [2.45, 2.75) is 45.3 Å². The summed E-state index contributed by atoms with van der Waals surface area (Å²) in [5.41, 5.74) is 2.11. The van der Waals surface area contributed by atoms with Gasteiger partial charge in [-0.2, -0.15) is 0 Å². The van der Waals surface area contributed by atoms with E-state index in [1.807, 2.05) is 13.1 Å². The summed E-state index contributed by atoms with van der Waals surface area (Å²) in [6, 6.07) is 2.35. The van der Waals surface area contributed by atoms with Crippen LogP contribution in [0.2, 0.25) is 0 Å². The summed E-state index contributed by atoms with van der Waals surface area (Å²) in [6.07, 6.45) is 4.33. The van der Waals surface area contributed by atoms with Gasteiger partial charge in [0, 0.05) is 18.8 Å². The smallest absolute Gasteiger partial charge is 0.249 e. The Morgan fingerprint density at radius 1 is 1.43 bits per heavy atom. The number of carbonyl (C=O) groups is 2. The third-order valence-electron chi connectivity index (χ3n) is 3.98. The van der Waals surface area contributed by atoms with Gasteiger partial charge in [0.25, 0.3) is 0 Å². The number of nitrogens with zero attached hydrogens (tertiary/aromatic N) is 2. The molecular formula is C15H20N4O2. The molecule has 1 aliphatic heterocycles. The lowest BCUT2D eigenvalue weighted by Gasteiger charge is -2.33. The second kappa shape index (κ2) is 5.44. The molecule has 1 atom stereocenters. The first kappa shape index (κ1) is 14.0. The van der Waals surface area contributed by atoms with E-state index in [1.165, 1.54) is 12.8 Å². The zero-order chi connectivity index (χ0) is 15.0. The van der Waals surface area contributed by atoms with Crippen LogP contribution in [0, 0.1) is 6.92 Å². The molecule has 2 amide bonds. The van der Waals surface area contributed by atoms with Gasteiger partial charge in [0.2, 0.25) is 11.8 Å². The van der Waals surface area contributed by atoms with Crippen LogP contribution in [0.5, 0.6) is 0 Å². The van der Waals surface area contributed by atoms with E-state index in [2.05, 4.69) is 21.7 Å². The number of carbonyl (C=O) groups excluding carboxylic acids is 2. The normalized spacial score (nSPS) is 22.4. The highest BCUT2D eigenvalue weighted by Gasteiger charge is 2.31. The lowest BCUT2D eigenvalue weighted by atomic mass is 10.1. The molecule has 0 radical (unpaired) electrons. The number of aromatic nitrogens is 1. The largest absolute Gasteiger partial charge is 0.335 e. The molecule has 0 aromatic carbocycles. The van der Waals surface area contributed by atoms with E-state index in [9.17, 15) is 9.59 Å². The first-order valence-corrected chi connectivity index (χ1v) is 7.34. The molecular weight excluding hydrogens is 268 g/mol. The zero-order valence-electron chi connectivity index (χ0n) is 12.3. The molecule has 2 N–H and O–H groups in total. The van der Waals surface area contributed by atoms with Crippen LogP contribution in [0.25, 0.3) is 0 Å². The molecule has 1 aromatic rings. The van der Waals surface area contributed by atoms with Crippen LogP contribution in [0.3, 0.4) is 0 Å². The minimum Gasteiger partial charge on any atom is -0.335 e. The number of rotatable bonds is 4. The van der Waals surface area contributed by atoms with Crippen LogP contribution in [0.15, 0.2) is 12.3 Å². The SMILES string of the molecule is Cc1cc(CNC2CC2)cnc1N1CC(=O)NC(=O)C1C. The monoisotopic (exact) mass is 288 g/mol. The van der Waals surface area contributed by atoms with Gasteiger partial charge in [0.15, 0.2) is 0 Å². The average Bonchev–Trinajstić information content (AvgIpc) is 3.25. The van der Waals surface area contributed by atoms with Crippen molar-refractivity contribution in [3.05, 3.63) is 23.4 Å². The van der Waals surface area contributed by atoms with Gasteiger partial charge in [-0.1, -0.05) is 0 Å².